The number of benzene rings is 4. The lowest BCUT2D eigenvalue weighted by Crippen LogP contribution is -2.52. The van der Waals surface area contributed by atoms with Crippen LogP contribution in [-0.2, 0) is 31.1 Å². The van der Waals surface area contributed by atoms with Gasteiger partial charge in [0.25, 0.3) is 15.9 Å². The fourth-order valence-electron chi connectivity index (χ4n) is 5.27. The second kappa shape index (κ2) is 11.4. The van der Waals surface area contributed by atoms with Crippen molar-refractivity contribution in [3.63, 3.8) is 0 Å². The van der Waals surface area contributed by atoms with Gasteiger partial charge in [-0.3, -0.25) is 4.79 Å². The first-order valence-corrected chi connectivity index (χ1v) is 17.6. The van der Waals surface area contributed by atoms with E-state index in [2.05, 4.69) is 29.5 Å². The maximum absolute atomic E-state index is 14.7. The first-order valence-electron chi connectivity index (χ1n) is 13.4. The Labute approximate surface area is 261 Å². The molecular weight excluding hydrogens is 681 g/mol. The van der Waals surface area contributed by atoms with Crippen LogP contribution in [0.2, 0.25) is 0 Å². The molecule has 0 aliphatic carbocycles. The summed E-state index contributed by atoms with van der Waals surface area (Å²) in [6.45, 7) is 5.46. The summed E-state index contributed by atoms with van der Waals surface area (Å²) >= 11 is 2.16. The van der Waals surface area contributed by atoms with Gasteiger partial charge in [0.1, 0.15) is 0 Å². The molecule has 1 amide bonds. The van der Waals surface area contributed by atoms with E-state index in [0.29, 0.717) is 14.7 Å². The van der Waals surface area contributed by atoms with Crippen molar-refractivity contribution in [2.24, 2.45) is 5.41 Å². The minimum absolute atomic E-state index is 0.0609. The van der Waals surface area contributed by atoms with Crippen molar-refractivity contribution in [2.45, 2.75) is 37.0 Å². The molecule has 1 aliphatic heterocycles. The smallest absolute Gasteiger partial charge is 0.270 e. The third-order valence-corrected chi connectivity index (χ3v) is 12.4. The minimum Gasteiger partial charge on any atom is -0.272 e. The number of halogens is 1. The second-order valence-electron chi connectivity index (χ2n) is 10.5. The van der Waals surface area contributed by atoms with Crippen LogP contribution in [0.5, 0.6) is 0 Å². The average Bonchev–Trinajstić information content (AvgIpc) is 2.98. The first kappa shape index (κ1) is 30.2. The van der Waals surface area contributed by atoms with Crippen molar-refractivity contribution >= 4 is 63.2 Å². The fraction of sp³-hybridized carbons (Fsp3) is 0.182. The van der Waals surface area contributed by atoms with Crippen LogP contribution in [0, 0.1) is 12.3 Å². The van der Waals surface area contributed by atoms with Crippen LogP contribution in [-0.4, -0.2) is 28.5 Å². The number of sulfone groups is 1. The van der Waals surface area contributed by atoms with Crippen LogP contribution in [0.25, 0.3) is 9.15 Å². The van der Waals surface area contributed by atoms with E-state index < -0.39 is 36.9 Å². The molecule has 6 nitrogen and oxygen atoms in total. The summed E-state index contributed by atoms with van der Waals surface area (Å²) in [6.07, 6.45) is 0.855. The molecule has 0 aromatic heterocycles. The number of anilines is 1. The Morgan fingerprint density at radius 1 is 0.786 bits per heavy atom. The van der Waals surface area contributed by atoms with Crippen LogP contribution in [0.3, 0.4) is 0 Å². The normalized spacial score (nSPS) is 18.5. The molecule has 0 radical (unpaired) electrons. The zero-order valence-electron chi connectivity index (χ0n) is 23.4. The number of sulfonamides is 1. The quantitative estimate of drug-likeness (QED) is 0.191. The molecule has 4 aromatic carbocycles. The lowest BCUT2D eigenvalue weighted by Gasteiger charge is -2.42. The molecule has 0 saturated carbocycles. The number of fused-ring (bicyclic) bond motifs is 1. The summed E-state index contributed by atoms with van der Waals surface area (Å²) in [5.74, 6) is -1.44. The van der Waals surface area contributed by atoms with Crippen molar-refractivity contribution in [1.82, 2.24) is 0 Å². The molecule has 1 heterocycles. The predicted octanol–water partition coefficient (Wildman–Crippen LogP) is 7.08. The largest absolute Gasteiger partial charge is 0.272 e. The van der Waals surface area contributed by atoms with Gasteiger partial charge in [0.15, 0.2) is 9.84 Å². The predicted molar refractivity (Wildman–Crippen MR) is 176 cm³/mol. The van der Waals surface area contributed by atoms with Gasteiger partial charge in [0.05, 0.1) is 26.6 Å². The number of carbonyl (C=O) groups is 1. The van der Waals surface area contributed by atoms with Gasteiger partial charge in [-0.15, -0.1) is 0 Å². The molecule has 1 aliphatic rings. The average molecular weight is 712 g/mol. The number of amides is 1. The molecule has 4 aromatic rings. The highest BCUT2D eigenvalue weighted by Crippen LogP contribution is 2.53. The van der Waals surface area contributed by atoms with Crippen LogP contribution in [0.15, 0.2) is 113 Å². The maximum atomic E-state index is 14.7. The Balaban J connectivity index is 1.80. The summed E-state index contributed by atoms with van der Waals surface area (Å²) in [7, 11) is -8.42. The summed E-state index contributed by atoms with van der Waals surface area (Å²) in [5.41, 5.74) is 2.24. The SMILES string of the molecule is CCc1ccc(/C(I)=C2\c3ccccc3N(S(=O)(=O)c3ccccc3)C(=O)C2(C)CS(=O)(=O)c2ccc(C)cc2)cc1. The van der Waals surface area contributed by atoms with Crippen molar-refractivity contribution in [3.05, 3.63) is 125 Å². The van der Waals surface area contributed by atoms with Gasteiger partial charge in [0.2, 0.25) is 0 Å². The van der Waals surface area contributed by atoms with Crippen LogP contribution >= 0.6 is 22.6 Å². The monoisotopic (exact) mass is 711 g/mol. The van der Waals surface area contributed by atoms with Crippen molar-refractivity contribution in [1.29, 1.82) is 0 Å². The molecule has 42 heavy (non-hydrogen) atoms. The fourth-order valence-corrected chi connectivity index (χ4v) is 9.81. The molecular formula is C33H30INO5S2. The molecule has 0 bridgehead atoms. The topological polar surface area (TPSA) is 88.6 Å². The summed E-state index contributed by atoms with van der Waals surface area (Å²) in [5, 5.41) is 0. The number of para-hydroxylation sites is 1. The van der Waals surface area contributed by atoms with E-state index >= 15 is 0 Å². The number of hydrogen-bond acceptors (Lipinski definition) is 5. The number of carbonyl (C=O) groups excluding carboxylic acids is 1. The highest BCUT2D eigenvalue weighted by molar-refractivity contribution is 14.1. The van der Waals surface area contributed by atoms with E-state index in [1.54, 1.807) is 61.5 Å². The van der Waals surface area contributed by atoms with E-state index in [0.717, 1.165) is 27.4 Å². The Kier molecular flexibility index (Phi) is 8.21. The second-order valence-corrected chi connectivity index (χ2v) is 15.4. The standard InChI is InChI=1S/C33H30INO5S2/c1-4-24-16-18-25(19-17-24)31(34)30-28-12-8-9-13-29(28)35(42(39,40)27-10-6-5-7-11-27)32(36)33(30,3)22-41(37,38)26-20-14-23(2)15-21-26/h5-21H,4,22H2,1-3H3/b31-30-. The van der Waals surface area contributed by atoms with Gasteiger partial charge in [-0.05, 0) is 89.9 Å². The van der Waals surface area contributed by atoms with Crippen molar-refractivity contribution in [2.75, 3.05) is 10.1 Å². The summed E-state index contributed by atoms with van der Waals surface area (Å²) in [6, 6.07) is 28.8. The van der Waals surface area contributed by atoms with Gasteiger partial charge >= 0.3 is 0 Å². The number of nitrogens with zero attached hydrogens (tertiary/aromatic N) is 1. The number of hydrogen-bond donors (Lipinski definition) is 0. The number of aryl methyl sites for hydroxylation is 2. The van der Waals surface area contributed by atoms with Crippen LogP contribution in [0.1, 0.15) is 36.1 Å². The van der Waals surface area contributed by atoms with E-state index in [1.165, 1.54) is 24.3 Å². The molecule has 1 unspecified atom stereocenters. The molecule has 9 heteroatoms. The van der Waals surface area contributed by atoms with Gasteiger partial charge in [-0.2, -0.15) is 0 Å². The summed E-state index contributed by atoms with van der Waals surface area (Å²) < 4.78 is 57.5. The van der Waals surface area contributed by atoms with Gasteiger partial charge in [-0.1, -0.05) is 85.3 Å². The highest BCUT2D eigenvalue weighted by atomic mass is 127. The van der Waals surface area contributed by atoms with Gasteiger partial charge < -0.3 is 0 Å². The zero-order chi connectivity index (χ0) is 30.3. The zero-order valence-corrected chi connectivity index (χ0v) is 27.2. The van der Waals surface area contributed by atoms with Crippen molar-refractivity contribution in [3.8, 4) is 0 Å². The van der Waals surface area contributed by atoms with Crippen LogP contribution < -0.4 is 4.31 Å². The van der Waals surface area contributed by atoms with E-state index in [-0.39, 0.29) is 15.5 Å². The third kappa shape index (κ3) is 5.33. The van der Waals surface area contributed by atoms with Crippen molar-refractivity contribution < 1.29 is 21.6 Å². The molecule has 216 valence electrons. The Bertz CT molecular complexity index is 1900. The lowest BCUT2D eigenvalue weighted by molar-refractivity contribution is -0.122. The van der Waals surface area contributed by atoms with Crippen LogP contribution in [0.4, 0.5) is 5.69 Å². The van der Waals surface area contributed by atoms with E-state index in [9.17, 15) is 21.6 Å². The Morgan fingerprint density at radius 3 is 2.00 bits per heavy atom. The van der Waals surface area contributed by atoms with Gasteiger partial charge in [-0.25, -0.2) is 21.1 Å². The molecule has 0 fully saturated rings. The van der Waals surface area contributed by atoms with E-state index in [1.807, 2.05) is 31.2 Å². The molecule has 1 atom stereocenters. The summed E-state index contributed by atoms with van der Waals surface area (Å²) in [4.78, 5) is 14.7. The molecule has 0 spiro atoms. The Hall–Kier alpha value is -3.28. The third-order valence-electron chi connectivity index (χ3n) is 7.58. The highest BCUT2D eigenvalue weighted by Gasteiger charge is 2.53. The Morgan fingerprint density at radius 2 is 1.38 bits per heavy atom. The van der Waals surface area contributed by atoms with E-state index in [4.69, 9.17) is 0 Å². The number of rotatable bonds is 7. The minimum atomic E-state index is -4.38. The molecule has 5 rings (SSSR count). The molecule has 0 N–H and O–H groups in total. The molecule has 0 saturated heterocycles. The first-order chi connectivity index (χ1) is 19.9. The van der Waals surface area contributed by atoms with Gasteiger partial charge in [0, 0.05) is 9.14 Å². The lowest BCUT2D eigenvalue weighted by atomic mass is 9.75. The maximum Gasteiger partial charge on any atom is 0.270 e.